The van der Waals surface area contributed by atoms with Crippen molar-refractivity contribution in [3.8, 4) is 0 Å². The van der Waals surface area contributed by atoms with E-state index in [2.05, 4.69) is 0 Å². The van der Waals surface area contributed by atoms with Crippen LogP contribution >= 0.6 is 0 Å². The van der Waals surface area contributed by atoms with E-state index in [-0.39, 0.29) is 12.7 Å². The molecule has 1 saturated heterocycles. The molecule has 1 fully saturated rings. The number of rotatable bonds is 1. The van der Waals surface area contributed by atoms with Gasteiger partial charge in [0, 0.05) is 19.4 Å². The summed E-state index contributed by atoms with van der Waals surface area (Å²) >= 11 is 0. The second kappa shape index (κ2) is 3.13. The standard InChI is InChI=1S/C6H11FO2/c7-5-1-2-9-6(3-5)4-8/h5-6,8H,1-4H2/t5-,6?/m1/s1. The predicted octanol–water partition coefficient (Wildman–Crippen LogP) is 0.496. The molecule has 0 aromatic heterocycles. The van der Waals surface area contributed by atoms with E-state index in [1.807, 2.05) is 0 Å². The molecule has 0 bridgehead atoms. The van der Waals surface area contributed by atoms with Crippen LogP contribution in [0.2, 0.25) is 0 Å². The van der Waals surface area contributed by atoms with Crippen molar-refractivity contribution in [3.63, 3.8) is 0 Å². The summed E-state index contributed by atoms with van der Waals surface area (Å²) < 4.78 is 17.4. The van der Waals surface area contributed by atoms with Gasteiger partial charge in [-0.1, -0.05) is 0 Å². The lowest BCUT2D eigenvalue weighted by atomic mass is 10.1. The van der Waals surface area contributed by atoms with Crippen molar-refractivity contribution in [2.24, 2.45) is 0 Å². The van der Waals surface area contributed by atoms with Gasteiger partial charge in [-0.15, -0.1) is 0 Å². The Morgan fingerprint density at radius 1 is 1.67 bits per heavy atom. The number of halogens is 1. The Balaban J connectivity index is 2.23. The Bertz CT molecular complexity index is 87.1. The molecule has 2 atom stereocenters. The first kappa shape index (κ1) is 6.96. The number of hydrogen-bond donors (Lipinski definition) is 1. The summed E-state index contributed by atoms with van der Waals surface area (Å²) in [5, 5.41) is 8.52. The van der Waals surface area contributed by atoms with Crippen molar-refractivity contribution >= 4 is 0 Å². The molecule has 3 heteroatoms. The first-order valence-corrected chi connectivity index (χ1v) is 3.19. The van der Waals surface area contributed by atoms with Gasteiger partial charge in [0.1, 0.15) is 6.17 Å². The summed E-state index contributed by atoms with van der Waals surface area (Å²) in [5.41, 5.74) is 0. The predicted molar refractivity (Wildman–Crippen MR) is 31.0 cm³/mol. The van der Waals surface area contributed by atoms with E-state index in [4.69, 9.17) is 9.84 Å². The van der Waals surface area contributed by atoms with Gasteiger partial charge >= 0.3 is 0 Å². The third-order valence-electron chi connectivity index (χ3n) is 1.51. The van der Waals surface area contributed by atoms with Crippen LogP contribution in [0.5, 0.6) is 0 Å². The average molecular weight is 134 g/mol. The smallest absolute Gasteiger partial charge is 0.105 e. The van der Waals surface area contributed by atoms with Crippen molar-refractivity contribution in [2.45, 2.75) is 25.1 Å². The quantitative estimate of drug-likeness (QED) is 0.565. The summed E-state index contributed by atoms with van der Waals surface area (Å²) in [6.45, 7) is 0.396. The summed E-state index contributed by atoms with van der Waals surface area (Å²) in [6, 6.07) is 0. The lowest BCUT2D eigenvalue weighted by molar-refractivity contribution is -0.0441. The summed E-state index contributed by atoms with van der Waals surface area (Å²) in [4.78, 5) is 0. The van der Waals surface area contributed by atoms with E-state index >= 15 is 0 Å². The highest BCUT2D eigenvalue weighted by Gasteiger charge is 2.20. The van der Waals surface area contributed by atoms with Crippen molar-refractivity contribution in [2.75, 3.05) is 13.2 Å². The maximum atomic E-state index is 12.4. The SMILES string of the molecule is OCC1C[C@H](F)CCO1. The number of alkyl halides is 1. The van der Waals surface area contributed by atoms with Gasteiger partial charge in [0.05, 0.1) is 12.7 Å². The Morgan fingerprint density at radius 2 is 2.44 bits per heavy atom. The van der Waals surface area contributed by atoms with E-state index in [0.717, 1.165) is 0 Å². The Labute approximate surface area is 53.6 Å². The van der Waals surface area contributed by atoms with Gasteiger partial charge in [-0.25, -0.2) is 4.39 Å². The zero-order valence-corrected chi connectivity index (χ0v) is 5.22. The Morgan fingerprint density at radius 3 is 2.89 bits per heavy atom. The minimum atomic E-state index is -0.768. The minimum absolute atomic E-state index is 0.0551. The summed E-state index contributed by atoms with van der Waals surface area (Å²) in [6.07, 6.45) is -0.183. The van der Waals surface area contributed by atoms with Gasteiger partial charge in [-0.2, -0.15) is 0 Å². The lowest BCUT2D eigenvalue weighted by Gasteiger charge is -2.23. The first-order chi connectivity index (χ1) is 4.33. The summed E-state index contributed by atoms with van der Waals surface area (Å²) in [5.74, 6) is 0. The summed E-state index contributed by atoms with van der Waals surface area (Å²) in [7, 11) is 0. The molecule has 0 saturated carbocycles. The minimum Gasteiger partial charge on any atom is -0.394 e. The Hall–Kier alpha value is -0.150. The van der Waals surface area contributed by atoms with Crippen LogP contribution in [0.3, 0.4) is 0 Å². The molecule has 0 aromatic carbocycles. The molecule has 0 aliphatic carbocycles. The van der Waals surface area contributed by atoms with E-state index in [1.165, 1.54) is 0 Å². The van der Waals surface area contributed by atoms with Gasteiger partial charge in [-0.3, -0.25) is 0 Å². The molecule has 0 radical (unpaired) electrons. The molecule has 1 aliphatic rings. The first-order valence-electron chi connectivity index (χ1n) is 3.19. The molecule has 2 nitrogen and oxygen atoms in total. The molecule has 1 rings (SSSR count). The molecular formula is C6H11FO2. The zero-order chi connectivity index (χ0) is 6.69. The molecule has 1 aliphatic heterocycles. The average Bonchev–Trinajstić information content (AvgIpc) is 1.88. The van der Waals surface area contributed by atoms with Crippen molar-refractivity contribution < 1.29 is 14.2 Å². The number of aliphatic hydroxyl groups excluding tert-OH is 1. The third-order valence-corrected chi connectivity index (χ3v) is 1.51. The van der Waals surface area contributed by atoms with Crippen LogP contribution in [0.15, 0.2) is 0 Å². The third kappa shape index (κ3) is 1.91. The van der Waals surface area contributed by atoms with E-state index in [1.54, 1.807) is 0 Å². The van der Waals surface area contributed by atoms with Crippen LogP contribution in [0.4, 0.5) is 4.39 Å². The fraction of sp³-hybridized carbons (Fsp3) is 1.00. The second-order valence-corrected chi connectivity index (χ2v) is 2.30. The molecule has 1 N–H and O–H groups in total. The van der Waals surface area contributed by atoms with Gasteiger partial charge in [-0.05, 0) is 0 Å². The van der Waals surface area contributed by atoms with Crippen molar-refractivity contribution in [1.82, 2.24) is 0 Å². The molecule has 0 aromatic rings. The van der Waals surface area contributed by atoms with Gasteiger partial charge in [0.15, 0.2) is 0 Å². The topological polar surface area (TPSA) is 29.5 Å². The number of aliphatic hydroxyl groups is 1. The highest BCUT2D eigenvalue weighted by atomic mass is 19.1. The van der Waals surface area contributed by atoms with E-state index in [0.29, 0.717) is 19.4 Å². The molecule has 54 valence electrons. The fourth-order valence-corrected chi connectivity index (χ4v) is 0.961. The molecule has 0 amide bonds. The zero-order valence-electron chi connectivity index (χ0n) is 5.22. The van der Waals surface area contributed by atoms with Crippen LogP contribution in [0, 0.1) is 0 Å². The van der Waals surface area contributed by atoms with Crippen LogP contribution in [0.1, 0.15) is 12.8 Å². The molecule has 9 heavy (non-hydrogen) atoms. The number of ether oxygens (including phenoxy) is 1. The van der Waals surface area contributed by atoms with Crippen LogP contribution in [-0.4, -0.2) is 30.6 Å². The highest BCUT2D eigenvalue weighted by molar-refractivity contribution is 4.69. The molecule has 1 unspecified atom stereocenters. The molecule has 1 heterocycles. The van der Waals surface area contributed by atoms with Gasteiger partial charge < -0.3 is 9.84 Å². The van der Waals surface area contributed by atoms with Crippen molar-refractivity contribution in [3.05, 3.63) is 0 Å². The van der Waals surface area contributed by atoms with Gasteiger partial charge in [0.2, 0.25) is 0 Å². The largest absolute Gasteiger partial charge is 0.394 e. The van der Waals surface area contributed by atoms with Gasteiger partial charge in [0.25, 0.3) is 0 Å². The number of hydrogen-bond acceptors (Lipinski definition) is 2. The maximum absolute atomic E-state index is 12.4. The Kier molecular flexibility index (Phi) is 2.42. The van der Waals surface area contributed by atoms with Crippen LogP contribution in [0.25, 0.3) is 0 Å². The monoisotopic (exact) mass is 134 g/mol. The van der Waals surface area contributed by atoms with Crippen LogP contribution in [-0.2, 0) is 4.74 Å². The van der Waals surface area contributed by atoms with E-state index < -0.39 is 6.17 Å². The van der Waals surface area contributed by atoms with Crippen LogP contribution < -0.4 is 0 Å². The molecular weight excluding hydrogens is 123 g/mol. The molecule has 0 spiro atoms. The van der Waals surface area contributed by atoms with E-state index in [9.17, 15) is 4.39 Å². The maximum Gasteiger partial charge on any atom is 0.105 e. The normalized spacial score (nSPS) is 36.7. The second-order valence-electron chi connectivity index (χ2n) is 2.30. The fourth-order valence-electron chi connectivity index (χ4n) is 0.961. The highest BCUT2D eigenvalue weighted by Crippen LogP contribution is 2.15. The lowest BCUT2D eigenvalue weighted by Crippen LogP contribution is -2.29. The van der Waals surface area contributed by atoms with Crippen molar-refractivity contribution in [1.29, 1.82) is 0 Å².